The molecule has 1 heterocycles. The first kappa shape index (κ1) is 19.5. The fraction of sp³-hybridized carbons (Fsp3) is 0.0909. The number of nitrogens with zero attached hydrogens (tertiary/aromatic N) is 1. The van der Waals surface area contributed by atoms with E-state index < -0.39 is 5.91 Å². The number of furan rings is 1. The first-order chi connectivity index (χ1) is 13.6. The lowest BCUT2D eigenvalue weighted by molar-refractivity contribution is -0.112. The van der Waals surface area contributed by atoms with Gasteiger partial charge in [-0.15, -0.1) is 0 Å². The largest absolute Gasteiger partial charge is 0.494 e. The number of carbonyl (C=O) groups excluding carboxylic acids is 1. The van der Waals surface area contributed by atoms with Gasteiger partial charge in [-0.25, -0.2) is 0 Å². The minimum absolute atomic E-state index is 0.0584. The molecule has 5 nitrogen and oxygen atoms in total. The van der Waals surface area contributed by atoms with Crippen LogP contribution in [-0.2, 0) is 4.79 Å². The first-order valence-corrected chi connectivity index (χ1v) is 9.40. The number of hydrogen-bond acceptors (Lipinski definition) is 4. The Labute approximate surface area is 171 Å². The number of ether oxygens (including phenoxy) is 1. The van der Waals surface area contributed by atoms with Crippen LogP contribution in [-0.4, -0.2) is 12.5 Å². The van der Waals surface area contributed by atoms with Crippen molar-refractivity contribution in [3.63, 3.8) is 0 Å². The van der Waals surface area contributed by atoms with Gasteiger partial charge in [0, 0.05) is 27.9 Å². The van der Waals surface area contributed by atoms with Gasteiger partial charge in [-0.1, -0.05) is 34.1 Å². The highest BCUT2D eigenvalue weighted by atomic mass is 79.9. The van der Waals surface area contributed by atoms with E-state index in [2.05, 4.69) is 21.2 Å². The van der Waals surface area contributed by atoms with Crippen LogP contribution in [0.4, 0.5) is 5.69 Å². The molecule has 0 aliphatic carbocycles. The van der Waals surface area contributed by atoms with Gasteiger partial charge in [-0.2, -0.15) is 5.26 Å². The summed E-state index contributed by atoms with van der Waals surface area (Å²) in [5, 5.41) is 12.1. The number of nitrogens with one attached hydrogen (secondary N) is 1. The van der Waals surface area contributed by atoms with E-state index >= 15 is 0 Å². The molecule has 0 atom stereocenters. The molecule has 0 radical (unpaired) electrons. The van der Waals surface area contributed by atoms with Crippen molar-refractivity contribution in [3.8, 4) is 23.1 Å². The predicted octanol–water partition coefficient (Wildman–Crippen LogP) is 5.65. The van der Waals surface area contributed by atoms with Crippen molar-refractivity contribution in [2.75, 3.05) is 11.9 Å². The van der Waals surface area contributed by atoms with Gasteiger partial charge < -0.3 is 14.5 Å². The van der Waals surface area contributed by atoms with Crippen molar-refractivity contribution in [1.29, 1.82) is 5.26 Å². The van der Waals surface area contributed by atoms with E-state index in [0.717, 1.165) is 10.0 Å². The van der Waals surface area contributed by atoms with E-state index in [1.807, 2.05) is 37.3 Å². The Morgan fingerprint density at radius 1 is 1.21 bits per heavy atom. The Bertz CT molecular complexity index is 1060. The van der Waals surface area contributed by atoms with E-state index in [1.54, 1.807) is 36.4 Å². The number of carbonyl (C=O) groups is 1. The molecule has 1 aromatic heterocycles. The molecule has 0 bridgehead atoms. The lowest BCUT2D eigenvalue weighted by atomic mass is 10.2. The molecule has 1 amide bonds. The van der Waals surface area contributed by atoms with Crippen LogP contribution in [0.25, 0.3) is 17.4 Å². The zero-order valence-electron chi connectivity index (χ0n) is 15.1. The first-order valence-electron chi connectivity index (χ1n) is 8.61. The second-order valence-corrected chi connectivity index (χ2v) is 6.71. The molecule has 0 spiro atoms. The molecule has 0 aliphatic heterocycles. The number of halogens is 1. The summed E-state index contributed by atoms with van der Waals surface area (Å²) in [5.41, 5.74) is 1.38. The van der Waals surface area contributed by atoms with E-state index in [4.69, 9.17) is 9.15 Å². The third-order valence-electron chi connectivity index (χ3n) is 3.79. The zero-order valence-corrected chi connectivity index (χ0v) is 16.7. The third-order valence-corrected chi connectivity index (χ3v) is 4.28. The summed E-state index contributed by atoms with van der Waals surface area (Å²) in [4.78, 5) is 12.4. The fourth-order valence-electron chi connectivity index (χ4n) is 2.55. The maximum absolute atomic E-state index is 12.4. The van der Waals surface area contributed by atoms with Gasteiger partial charge in [0.05, 0.1) is 6.61 Å². The third kappa shape index (κ3) is 4.90. The molecule has 0 saturated heterocycles. The van der Waals surface area contributed by atoms with Crippen molar-refractivity contribution in [2.24, 2.45) is 0 Å². The summed E-state index contributed by atoms with van der Waals surface area (Å²) in [7, 11) is 0. The maximum atomic E-state index is 12.4. The summed E-state index contributed by atoms with van der Waals surface area (Å²) in [6, 6.07) is 20.1. The SMILES string of the molecule is CCOc1cccc(NC(=O)/C(C#N)=C\c2ccc(-c3cccc(Br)c3)o2)c1. The van der Waals surface area contributed by atoms with Gasteiger partial charge in [0.15, 0.2) is 0 Å². The van der Waals surface area contributed by atoms with Crippen LogP contribution < -0.4 is 10.1 Å². The van der Waals surface area contributed by atoms with Crippen molar-refractivity contribution >= 4 is 33.6 Å². The quantitative estimate of drug-likeness (QED) is 0.399. The summed E-state index contributed by atoms with van der Waals surface area (Å²) in [6.07, 6.45) is 1.42. The van der Waals surface area contributed by atoms with Gasteiger partial charge in [0.25, 0.3) is 5.91 Å². The van der Waals surface area contributed by atoms with Gasteiger partial charge in [-0.05, 0) is 43.3 Å². The summed E-state index contributed by atoms with van der Waals surface area (Å²) in [6.45, 7) is 2.41. The summed E-state index contributed by atoms with van der Waals surface area (Å²) >= 11 is 3.42. The molecule has 0 fully saturated rings. The topological polar surface area (TPSA) is 75.3 Å². The Hall–Kier alpha value is -3.30. The van der Waals surface area contributed by atoms with Crippen LogP contribution in [0.3, 0.4) is 0 Å². The number of hydrogen-bond donors (Lipinski definition) is 1. The van der Waals surface area contributed by atoms with Gasteiger partial charge in [0.1, 0.15) is 28.9 Å². The minimum atomic E-state index is -0.517. The van der Waals surface area contributed by atoms with Crippen LogP contribution in [0, 0.1) is 11.3 Å². The van der Waals surface area contributed by atoms with Crippen LogP contribution in [0.5, 0.6) is 5.75 Å². The lowest BCUT2D eigenvalue weighted by Crippen LogP contribution is -2.13. The van der Waals surface area contributed by atoms with E-state index in [0.29, 0.717) is 29.6 Å². The molecule has 28 heavy (non-hydrogen) atoms. The number of anilines is 1. The smallest absolute Gasteiger partial charge is 0.266 e. The van der Waals surface area contributed by atoms with Crippen molar-refractivity contribution in [3.05, 3.63) is 76.5 Å². The number of nitriles is 1. The van der Waals surface area contributed by atoms with E-state index in [1.165, 1.54) is 6.08 Å². The predicted molar refractivity (Wildman–Crippen MR) is 112 cm³/mol. The molecule has 0 unspecified atom stereocenters. The van der Waals surface area contributed by atoms with E-state index in [-0.39, 0.29) is 5.57 Å². The van der Waals surface area contributed by atoms with Gasteiger partial charge in [0.2, 0.25) is 0 Å². The molecule has 1 N–H and O–H groups in total. The molecule has 0 aliphatic rings. The molecular formula is C22H17BrN2O3. The Morgan fingerprint density at radius 2 is 2.04 bits per heavy atom. The van der Waals surface area contributed by atoms with E-state index in [9.17, 15) is 10.1 Å². The number of rotatable bonds is 6. The number of benzene rings is 2. The minimum Gasteiger partial charge on any atom is -0.494 e. The monoisotopic (exact) mass is 436 g/mol. The highest BCUT2D eigenvalue weighted by Crippen LogP contribution is 2.26. The standard InChI is InChI=1S/C22H17BrN2O3/c1-2-27-19-8-4-7-18(13-19)25-22(26)16(14-24)12-20-9-10-21(28-20)15-5-3-6-17(23)11-15/h3-13H,2H2,1H3,(H,25,26)/b16-12-. The highest BCUT2D eigenvalue weighted by molar-refractivity contribution is 9.10. The lowest BCUT2D eigenvalue weighted by Gasteiger charge is -2.07. The summed E-state index contributed by atoms with van der Waals surface area (Å²) in [5.74, 6) is 1.20. The zero-order chi connectivity index (χ0) is 19.9. The molecule has 3 aromatic rings. The molecule has 0 saturated carbocycles. The Morgan fingerprint density at radius 3 is 2.79 bits per heavy atom. The summed E-state index contributed by atoms with van der Waals surface area (Å²) < 4.78 is 12.1. The maximum Gasteiger partial charge on any atom is 0.266 e. The van der Waals surface area contributed by atoms with Crippen LogP contribution in [0.2, 0.25) is 0 Å². The molecule has 3 rings (SSSR count). The highest BCUT2D eigenvalue weighted by Gasteiger charge is 2.12. The normalized spacial score (nSPS) is 11.0. The Balaban J connectivity index is 1.78. The average Bonchev–Trinajstić information content (AvgIpc) is 3.15. The van der Waals surface area contributed by atoms with Crippen molar-refractivity contribution in [2.45, 2.75) is 6.92 Å². The average molecular weight is 437 g/mol. The van der Waals surface area contributed by atoms with Crippen LogP contribution in [0.1, 0.15) is 12.7 Å². The second kappa shape index (κ2) is 9.07. The second-order valence-electron chi connectivity index (χ2n) is 5.80. The van der Waals surface area contributed by atoms with Crippen LogP contribution in [0.15, 0.2) is 75.1 Å². The van der Waals surface area contributed by atoms with Crippen molar-refractivity contribution < 1.29 is 13.9 Å². The van der Waals surface area contributed by atoms with Gasteiger partial charge in [-0.3, -0.25) is 4.79 Å². The molecule has 2 aromatic carbocycles. The number of amides is 1. The Kier molecular flexibility index (Phi) is 6.30. The molecular weight excluding hydrogens is 420 g/mol. The van der Waals surface area contributed by atoms with Crippen molar-refractivity contribution in [1.82, 2.24) is 0 Å². The van der Waals surface area contributed by atoms with Crippen LogP contribution >= 0.6 is 15.9 Å². The van der Waals surface area contributed by atoms with Gasteiger partial charge >= 0.3 is 0 Å². The fourth-order valence-corrected chi connectivity index (χ4v) is 2.95. The molecule has 6 heteroatoms. The molecule has 140 valence electrons.